The first kappa shape index (κ1) is 37.7. The Bertz CT molecular complexity index is 2070. The zero-order valence-electron chi connectivity index (χ0n) is 31.6. The maximum Gasteiger partial charge on any atom is 0.264 e. The second-order valence-corrected chi connectivity index (χ2v) is 17.2. The van der Waals surface area contributed by atoms with E-state index in [2.05, 4.69) is 40.4 Å². The van der Waals surface area contributed by atoms with Crippen molar-refractivity contribution >= 4 is 33.5 Å². The molecule has 1 N–H and O–H groups in total. The first-order chi connectivity index (χ1) is 25.1. The Balaban J connectivity index is 1.36. The number of sulfonamides is 1. The number of nitrogens with zero attached hydrogens (tertiary/aromatic N) is 6. The Hall–Kier alpha value is -5.04. The van der Waals surface area contributed by atoms with Crippen LogP contribution in [-0.2, 0) is 21.4 Å². The normalized spacial score (nSPS) is 17.9. The van der Waals surface area contributed by atoms with Gasteiger partial charge in [-0.3, -0.25) is 14.6 Å². The lowest BCUT2D eigenvalue weighted by Crippen LogP contribution is -2.45. The van der Waals surface area contributed by atoms with E-state index in [1.807, 2.05) is 50.4 Å². The topological polar surface area (TPSA) is 138 Å². The van der Waals surface area contributed by atoms with Gasteiger partial charge in [0.15, 0.2) is 0 Å². The molecule has 0 radical (unpaired) electrons. The summed E-state index contributed by atoms with van der Waals surface area (Å²) in [5.74, 6) is -0.0910. The molecular formula is C40H49N7O5S. The Morgan fingerprint density at radius 1 is 0.981 bits per heavy atom. The van der Waals surface area contributed by atoms with E-state index in [4.69, 9.17) is 9.72 Å². The summed E-state index contributed by atoms with van der Waals surface area (Å²) in [6, 6.07) is 17.1. The molecule has 53 heavy (non-hydrogen) atoms. The molecular weight excluding hydrogens is 691 g/mol. The Morgan fingerprint density at radius 2 is 1.68 bits per heavy atom. The van der Waals surface area contributed by atoms with Gasteiger partial charge in [0.1, 0.15) is 6.61 Å². The number of aryl methyl sites for hydroxylation is 2. The monoisotopic (exact) mass is 739 g/mol. The van der Waals surface area contributed by atoms with Crippen molar-refractivity contribution in [2.45, 2.75) is 71.4 Å². The molecule has 4 heterocycles. The largest absolute Gasteiger partial charge is 0.475 e. The van der Waals surface area contributed by atoms with Crippen LogP contribution >= 0.6 is 0 Å². The van der Waals surface area contributed by atoms with Crippen LogP contribution in [0.3, 0.4) is 0 Å². The molecule has 0 aliphatic carbocycles. The molecule has 0 unspecified atom stereocenters. The zero-order chi connectivity index (χ0) is 38.1. The van der Waals surface area contributed by atoms with Crippen LogP contribution in [0.4, 0.5) is 11.6 Å². The molecule has 2 aromatic heterocycles. The number of hydrogen-bond donors (Lipinski definition) is 1. The number of hydrogen-bond acceptors (Lipinski definition) is 9. The molecule has 2 aliphatic heterocycles. The summed E-state index contributed by atoms with van der Waals surface area (Å²) < 4.78 is 36.4. The fourth-order valence-electron chi connectivity index (χ4n) is 7.17. The number of ether oxygens (including phenoxy) is 1. The smallest absolute Gasteiger partial charge is 0.264 e. The van der Waals surface area contributed by atoms with Crippen LogP contribution in [0.5, 0.6) is 5.88 Å². The molecule has 1 saturated heterocycles. The van der Waals surface area contributed by atoms with Crippen molar-refractivity contribution in [1.82, 2.24) is 24.8 Å². The Labute approximate surface area is 312 Å². The van der Waals surface area contributed by atoms with Crippen molar-refractivity contribution in [2.75, 3.05) is 43.4 Å². The summed E-state index contributed by atoms with van der Waals surface area (Å²) in [6.07, 6.45) is 3.95. The molecule has 4 bridgehead atoms. The van der Waals surface area contributed by atoms with Crippen LogP contribution < -0.4 is 14.4 Å². The van der Waals surface area contributed by atoms with Gasteiger partial charge in [0.2, 0.25) is 17.7 Å². The average molecular weight is 740 g/mol. The minimum absolute atomic E-state index is 0.0241. The predicted molar refractivity (Wildman–Crippen MR) is 205 cm³/mol. The molecule has 2 aliphatic rings. The number of amides is 2. The minimum Gasteiger partial charge on any atom is -0.475 e. The SMILES string of the molecule is Cc1cccc(C)c1-c1cc2nc(n1)NS(=O)(=O)c1cccc(c1)C(=O)N(Cc1ccc(N3CCC(C(=O)N(C)C)CC3)cn1)[C@H](CC(C)(C)C)CO2. The van der Waals surface area contributed by atoms with Gasteiger partial charge in [-0.25, -0.2) is 18.1 Å². The zero-order valence-corrected chi connectivity index (χ0v) is 32.4. The molecule has 4 aromatic rings. The Kier molecular flexibility index (Phi) is 10.8. The lowest BCUT2D eigenvalue weighted by atomic mass is 9.87. The molecule has 0 spiro atoms. The summed E-state index contributed by atoms with van der Waals surface area (Å²) in [7, 11) is -0.595. The molecule has 13 heteroatoms. The van der Waals surface area contributed by atoms with Crippen LogP contribution in [0, 0.1) is 25.2 Å². The number of carbonyl (C=O) groups is 2. The fourth-order valence-corrected chi connectivity index (χ4v) is 8.16. The summed E-state index contributed by atoms with van der Waals surface area (Å²) in [5.41, 5.74) is 4.97. The lowest BCUT2D eigenvalue weighted by molar-refractivity contribution is -0.133. The van der Waals surface area contributed by atoms with Gasteiger partial charge in [-0.15, -0.1) is 0 Å². The molecule has 1 fully saturated rings. The summed E-state index contributed by atoms with van der Waals surface area (Å²) in [5, 5.41) is 0. The first-order valence-electron chi connectivity index (χ1n) is 18.0. The highest BCUT2D eigenvalue weighted by Gasteiger charge is 2.32. The van der Waals surface area contributed by atoms with Gasteiger partial charge in [0.05, 0.1) is 40.8 Å². The van der Waals surface area contributed by atoms with E-state index in [-0.39, 0.29) is 58.6 Å². The number of rotatable bonds is 6. The van der Waals surface area contributed by atoms with Crippen molar-refractivity contribution in [3.8, 4) is 17.1 Å². The number of piperidine rings is 1. The van der Waals surface area contributed by atoms with Crippen LogP contribution in [0.2, 0.25) is 0 Å². The molecule has 2 aromatic carbocycles. The number of pyridine rings is 1. The van der Waals surface area contributed by atoms with Gasteiger partial charge in [-0.1, -0.05) is 45.0 Å². The molecule has 0 saturated carbocycles. The van der Waals surface area contributed by atoms with E-state index in [1.54, 1.807) is 42.1 Å². The number of nitrogens with one attached hydrogen (secondary N) is 1. The maximum absolute atomic E-state index is 14.5. The van der Waals surface area contributed by atoms with E-state index in [1.165, 1.54) is 12.1 Å². The highest BCUT2D eigenvalue weighted by atomic mass is 32.2. The highest BCUT2D eigenvalue weighted by molar-refractivity contribution is 7.92. The lowest BCUT2D eigenvalue weighted by Gasteiger charge is -2.36. The third kappa shape index (κ3) is 8.78. The molecule has 2 amide bonds. The van der Waals surface area contributed by atoms with Crippen molar-refractivity contribution in [1.29, 1.82) is 0 Å². The van der Waals surface area contributed by atoms with E-state index in [0.29, 0.717) is 17.8 Å². The third-order valence-electron chi connectivity index (χ3n) is 9.82. The second-order valence-electron chi connectivity index (χ2n) is 15.5. The fraction of sp³-hybridized carbons (Fsp3) is 0.425. The first-order valence-corrected chi connectivity index (χ1v) is 19.5. The number of anilines is 2. The second kappa shape index (κ2) is 15.1. The van der Waals surface area contributed by atoms with Crippen molar-refractivity contribution in [3.63, 3.8) is 0 Å². The van der Waals surface area contributed by atoms with Crippen molar-refractivity contribution < 1.29 is 22.7 Å². The predicted octanol–water partition coefficient (Wildman–Crippen LogP) is 6.10. The number of benzene rings is 2. The van der Waals surface area contributed by atoms with Gasteiger partial charge in [0, 0.05) is 50.3 Å². The van der Waals surface area contributed by atoms with Gasteiger partial charge in [0.25, 0.3) is 15.9 Å². The van der Waals surface area contributed by atoms with Gasteiger partial charge >= 0.3 is 0 Å². The standard InChI is InChI=1S/C40H49N7O5S/c1-26-10-8-11-27(2)36(26)34-21-35-43-39(42-34)44-53(50,51)33-13-9-12-29(20-33)38(49)47(32(25-52-35)22-40(3,4)5)24-30-14-15-31(23-41-30)46-18-16-28(17-19-46)37(48)45(6)7/h8-15,20-21,23,28,32H,16-19,22,24-25H2,1-7H3,(H,42,43,44)/t32-/m1/s1. The quantitative estimate of drug-likeness (QED) is 0.249. The summed E-state index contributed by atoms with van der Waals surface area (Å²) in [6.45, 7) is 12.0. The number of aromatic nitrogens is 3. The summed E-state index contributed by atoms with van der Waals surface area (Å²) >= 11 is 0. The highest BCUT2D eigenvalue weighted by Crippen LogP contribution is 2.32. The van der Waals surface area contributed by atoms with Gasteiger partial charge < -0.3 is 19.4 Å². The minimum atomic E-state index is -4.19. The summed E-state index contributed by atoms with van der Waals surface area (Å²) in [4.78, 5) is 46.5. The van der Waals surface area contributed by atoms with Crippen LogP contribution in [0.15, 0.2) is 71.8 Å². The van der Waals surface area contributed by atoms with E-state index in [0.717, 1.165) is 48.3 Å². The third-order valence-corrected chi connectivity index (χ3v) is 11.1. The maximum atomic E-state index is 14.5. The van der Waals surface area contributed by atoms with Crippen LogP contribution in [-0.4, -0.2) is 84.8 Å². The average Bonchev–Trinajstić information content (AvgIpc) is 3.11. The number of fused-ring (bicyclic) bond motifs is 4. The van der Waals surface area contributed by atoms with Crippen LogP contribution in [0.25, 0.3) is 11.3 Å². The molecule has 280 valence electrons. The molecule has 1 atom stereocenters. The number of carbonyl (C=O) groups excluding carboxylic acids is 2. The van der Waals surface area contributed by atoms with Crippen molar-refractivity contribution in [3.05, 3.63) is 89.2 Å². The Morgan fingerprint density at radius 3 is 2.32 bits per heavy atom. The van der Waals surface area contributed by atoms with E-state index >= 15 is 0 Å². The van der Waals surface area contributed by atoms with Crippen LogP contribution in [0.1, 0.15) is 67.2 Å². The van der Waals surface area contributed by atoms with Gasteiger partial charge in [-0.2, -0.15) is 4.98 Å². The van der Waals surface area contributed by atoms with Gasteiger partial charge in [-0.05, 0) is 80.0 Å². The molecule has 6 rings (SSSR count). The van der Waals surface area contributed by atoms with E-state index in [9.17, 15) is 18.0 Å². The van der Waals surface area contributed by atoms with E-state index < -0.39 is 16.1 Å². The molecule has 12 nitrogen and oxygen atoms in total. The van der Waals surface area contributed by atoms with Crippen molar-refractivity contribution in [2.24, 2.45) is 11.3 Å².